The van der Waals surface area contributed by atoms with Gasteiger partial charge in [0, 0.05) is 18.3 Å². The lowest BCUT2D eigenvalue weighted by molar-refractivity contribution is -0.137. The number of ether oxygens (including phenoxy) is 1. The van der Waals surface area contributed by atoms with Gasteiger partial charge in [0.05, 0.1) is 16.3 Å². The Kier molecular flexibility index (Phi) is 4.76. The van der Waals surface area contributed by atoms with Crippen LogP contribution in [0.3, 0.4) is 0 Å². The fourth-order valence-corrected chi connectivity index (χ4v) is 2.23. The predicted octanol–water partition coefficient (Wildman–Crippen LogP) is 5.14. The van der Waals surface area contributed by atoms with Crippen molar-refractivity contribution < 1.29 is 17.9 Å². The Labute approximate surface area is 129 Å². The Hall–Kier alpha value is -1.30. The fourth-order valence-electron chi connectivity index (χ4n) is 1.84. The van der Waals surface area contributed by atoms with Gasteiger partial charge in [-0.1, -0.05) is 35.3 Å². The molecule has 1 atom stereocenters. The van der Waals surface area contributed by atoms with E-state index in [1.54, 1.807) is 24.3 Å². The predicted molar refractivity (Wildman–Crippen MR) is 74.6 cm³/mol. The molecule has 0 amide bonds. The van der Waals surface area contributed by atoms with Crippen LogP contribution in [-0.4, -0.2) is 12.1 Å². The van der Waals surface area contributed by atoms with Gasteiger partial charge in [-0.05, 0) is 23.8 Å². The number of hydrogen-bond acceptors (Lipinski definition) is 2. The number of nitrogens with zero attached hydrogens (tertiary/aromatic N) is 1. The van der Waals surface area contributed by atoms with E-state index < -0.39 is 17.8 Å². The number of halogens is 5. The van der Waals surface area contributed by atoms with Gasteiger partial charge in [0.1, 0.15) is 6.10 Å². The van der Waals surface area contributed by atoms with Gasteiger partial charge in [0.15, 0.2) is 0 Å². The van der Waals surface area contributed by atoms with E-state index in [2.05, 4.69) is 4.98 Å². The quantitative estimate of drug-likeness (QED) is 0.774. The second kappa shape index (κ2) is 6.22. The van der Waals surface area contributed by atoms with E-state index in [-0.39, 0.29) is 10.7 Å². The molecule has 2 rings (SSSR count). The van der Waals surface area contributed by atoms with Crippen molar-refractivity contribution in [2.75, 3.05) is 7.11 Å². The largest absolute Gasteiger partial charge is 0.417 e. The van der Waals surface area contributed by atoms with Crippen molar-refractivity contribution in [3.63, 3.8) is 0 Å². The minimum Gasteiger partial charge on any atom is -0.370 e. The summed E-state index contributed by atoms with van der Waals surface area (Å²) in [5, 5.41) is 0.437. The lowest BCUT2D eigenvalue weighted by atomic mass is 10.1. The summed E-state index contributed by atoms with van der Waals surface area (Å²) in [7, 11) is 1.43. The third-order valence-electron chi connectivity index (χ3n) is 2.85. The van der Waals surface area contributed by atoms with Crippen molar-refractivity contribution >= 4 is 23.2 Å². The molecule has 0 saturated carbocycles. The van der Waals surface area contributed by atoms with Crippen molar-refractivity contribution in [2.45, 2.75) is 12.3 Å². The number of hydrogen-bond donors (Lipinski definition) is 0. The first-order chi connectivity index (χ1) is 9.82. The van der Waals surface area contributed by atoms with Crippen LogP contribution in [0.1, 0.15) is 22.9 Å². The molecule has 1 unspecified atom stereocenters. The highest BCUT2D eigenvalue weighted by Crippen LogP contribution is 2.35. The molecule has 1 aromatic heterocycles. The average Bonchev–Trinajstić information content (AvgIpc) is 2.42. The number of aromatic nitrogens is 1. The standard InChI is InChI=1S/C14H10Cl2F3NO/c1-21-13(8-2-4-10(15)5-3-8)12-11(16)6-9(7-20-12)14(17,18)19/h2-7,13H,1H3. The van der Waals surface area contributed by atoms with Gasteiger partial charge in [-0.15, -0.1) is 0 Å². The molecule has 0 radical (unpaired) electrons. The highest BCUT2D eigenvalue weighted by atomic mass is 35.5. The van der Waals surface area contributed by atoms with Gasteiger partial charge in [-0.3, -0.25) is 4.98 Å². The van der Waals surface area contributed by atoms with Crippen LogP contribution >= 0.6 is 23.2 Å². The van der Waals surface area contributed by atoms with Crippen molar-refractivity contribution in [2.24, 2.45) is 0 Å². The van der Waals surface area contributed by atoms with Gasteiger partial charge < -0.3 is 4.74 Å². The van der Waals surface area contributed by atoms with Gasteiger partial charge in [0.25, 0.3) is 0 Å². The monoisotopic (exact) mass is 335 g/mol. The van der Waals surface area contributed by atoms with Crippen molar-refractivity contribution in [1.82, 2.24) is 4.98 Å². The van der Waals surface area contributed by atoms with Crippen LogP contribution in [-0.2, 0) is 10.9 Å². The molecule has 2 nitrogen and oxygen atoms in total. The molecular formula is C14H10Cl2F3NO. The number of alkyl halides is 3. The third kappa shape index (κ3) is 3.67. The minimum absolute atomic E-state index is 0.105. The molecule has 0 N–H and O–H groups in total. The number of methoxy groups -OCH3 is 1. The molecular weight excluding hydrogens is 326 g/mol. The van der Waals surface area contributed by atoms with Crippen LogP contribution in [0.15, 0.2) is 36.5 Å². The van der Waals surface area contributed by atoms with E-state index in [0.717, 1.165) is 12.3 Å². The zero-order valence-corrected chi connectivity index (χ0v) is 12.3. The Morgan fingerprint density at radius 3 is 2.24 bits per heavy atom. The molecule has 0 spiro atoms. The highest BCUT2D eigenvalue weighted by molar-refractivity contribution is 6.31. The van der Waals surface area contributed by atoms with E-state index in [9.17, 15) is 13.2 Å². The second-order valence-corrected chi connectivity index (χ2v) is 5.10. The van der Waals surface area contributed by atoms with Crippen LogP contribution in [0.2, 0.25) is 10.0 Å². The van der Waals surface area contributed by atoms with Gasteiger partial charge in [-0.2, -0.15) is 13.2 Å². The molecule has 7 heteroatoms. The summed E-state index contributed by atoms with van der Waals surface area (Å²) >= 11 is 11.7. The van der Waals surface area contributed by atoms with Gasteiger partial charge in [0.2, 0.25) is 0 Å². The zero-order valence-electron chi connectivity index (χ0n) is 10.8. The molecule has 21 heavy (non-hydrogen) atoms. The Morgan fingerprint density at radius 2 is 1.76 bits per heavy atom. The first-order valence-electron chi connectivity index (χ1n) is 5.84. The van der Waals surface area contributed by atoms with E-state index in [0.29, 0.717) is 10.6 Å². The van der Waals surface area contributed by atoms with Crippen LogP contribution in [0.5, 0.6) is 0 Å². The minimum atomic E-state index is -4.49. The molecule has 0 saturated heterocycles. The van der Waals surface area contributed by atoms with Crippen LogP contribution < -0.4 is 0 Å². The van der Waals surface area contributed by atoms with E-state index in [1.165, 1.54) is 7.11 Å². The van der Waals surface area contributed by atoms with Gasteiger partial charge >= 0.3 is 6.18 Å². The summed E-state index contributed by atoms with van der Waals surface area (Å²) in [5.74, 6) is 0. The highest BCUT2D eigenvalue weighted by Gasteiger charge is 2.32. The lowest BCUT2D eigenvalue weighted by Gasteiger charge is -2.17. The Balaban J connectivity index is 2.41. The van der Waals surface area contributed by atoms with Gasteiger partial charge in [-0.25, -0.2) is 0 Å². The van der Waals surface area contributed by atoms with E-state index in [4.69, 9.17) is 27.9 Å². The van der Waals surface area contributed by atoms with Crippen molar-refractivity contribution in [3.05, 3.63) is 63.4 Å². The van der Waals surface area contributed by atoms with Crippen LogP contribution in [0.4, 0.5) is 13.2 Å². The molecule has 1 aromatic carbocycles. The summed E-state index contributed by atoms with van der Waals surface area (Å²) in [5.41, 5.74) is 0.00718. The first-order valence-corrected chi connectivity index (χ1v) is 6.59. The smallest absolute Gasteiger partial charge is 0.370 e. The molecule has 112 valence electrons. The molecule has 0 aliphatic carbocycles. The molecule has 0 bridgehead atoms. The average molecular weight is 336 g/mol. The lowest BCUT2D eigenvalue weighted by Crippen LogP contribution is -2.10. The fraction of sp³-hybridized carbons (Fsp3) is 0.214. The first kappa shape index (κ1) is 16.1. The normalized spacial score (nSPS) is 13.2. The summed E-state index contributed by atoms with van der Waals surface area (Å²) in [6.07, 6.45) is -4.42. The SMILES string of the molecule is COC(c1ccc(Cl)cc1)c1ncc(C(F)(F)F)cc1Cl. The molecule has 2 aromatic rings. The summed E-state index contributed by atoms with van der Waals surface area (Å²) in [4.78, 5) is 3.80. The topological polar surface area (TPSA) is 22.1 Å². The van der Waals surface area contributed by atoms with E-state index in [1.807, 2.05) is 0 Å². The van der Waals surface area contributed by atoms with Crippen molar-refractivity contribution in [1.29, 1.82) is 0 Å². The Morgan fingerprint density at radius 1 is 1.14 bits per heavy atom. The maximum atomic E-state index is 12.6. The maximum Gasteiger partial charge on any atom is 0.417 e. The zero-order chi connectivity index (χ0) is 15.6. The molecule has 0 fully saturated rings. The maximum absolute atomic E-state index is 12.6. The molecule has 0 aliphatic heterocycles. The van der Waals surface area contributed by atoms with E-state index >= 15 is 0 Å². The number of benzene rings is 1. The molecule has 1 heterocycles. The van der Waals surface area contributed by atoms with Crippen LogP contribution in [0, 0.1) is 0 Å². The molecule has 0 aliphatic rings. The number of rotatable bonds is 3. The van der Waals surface area contributed by atoms with Crippen molar-refractivity contribution in [3.8, 4) is 0 Å². The summed E-state index contributed by atoms with van der Waals surface area (Å²) in [6.45, 7) is 0. The summed E-state index contributed by atoms with van der Waals surface area (Å²) < 4.78 is 43.1. The van der Waals surface area contributed by atoms with Crippen LogP contribution in [0.25, 0.3) is 0 Å². The Bertz CT molecular complexity index is 629. The second-order valence-electron chi connectivity index (χ2n) is 4.26. The number of pyridine rings is 1. The summed E-state index contributed by atoms with van der Waals surface area (Å²) in [6, 6.07) is 7.55. The third-order valence-corrected chi connectivity index (χ3v) is 3.41.